The second-order valence-electron chi connectivity index (χ2n) is 5.79. The number of carbonyl (C=O) groups is 2. The lowest BCUT2D eigenvalue weighted by atomic mass is 9.58. The zero-order chi connectivity index (χ0) is 13.3. The highest BCUT2D eigenvalue weighted by atomic mass is 16.5. The standard InChI is InChI=1S/C15H22O3/c1-4-18-14(17)11-6-7-12-13(16)8-5-10(2)15(12,3)9-11/h7,10-11H,4-6,8-9H2,1-3H3/t10-,11+,15+/m1/s1. The summed E-state index contributed by atoms with van der Waals surface area (Å²) in [7, 11) is 0. The molecule has 0 saturated heterocycles. The summed E-state index contributed by atoms with van der Waals surface area (Å²) in [6, 6.07) is 0. The van der Waals surface area contributed by atoms with Gasteiger partial charge in [0.2, 0.25) is 0 Å². The molecule has 100 valence electrons. The molecular weight excluding hydrogens is 228 g/mol. The predicted molar refractivity (Wildman–Crippen MR) is 69.0 cm³/mol. The van der Waals surface area contributed by atoms with Crippen LogP contribution in [0.4, 0.5) is 0 Å². The van der Waals surface area contributed by atoms with Crippen LogP contribution < -0.4 is 0 Å². The third-order valence-electron chi connectivity index (χ3n) is 4.70. The Bertz CT molecular complexity index is 397. The van der Waals surface area contributed by atoms with Gasteiger partial charge in [0.15, 0.2) is 5.78 Å². The molecule has 0 aromatic carbocycles. The van der Waals surface area contributed by atoms with Gasteiger partial charge in [-0.15, -0.1) is 0 Å². The van der Waals surface area contributed by atoms with Crippen molar-refractivity contribution in [2.24, 2.45) is 17.3 Å². The number of hydrogen-bond donors (Lipinski definition) is 0. The first-order valence-corrected chi connectivity index (χ1v) is 6.89. The van der Waals surface area contributed by atoms with Crippen molar-refractivity contribution in [1.82, 2.24) is 0 Å². The summed E-state index contributed by atoms with van der Waals surface area (Å²) < 4.78 is 5.12. The molecule has 0 aromatic rings. The van der Waals surface area contributed by atoms with Crippen LogP contribution in [0.1, 0.15) is 46.5 Å². The lowest BCUT2D eigenvalue weighted by Crippen LogP contribution is -2.41. The normalized spacial score (nSPS) is 35.7. The van der Waals surface area contributed by atoms with Crippen molar-refractivity contribution in [3.63, 3.8) is 0 Å². The molecule has 0 aliphatic heterocycles. The number of rotatable bonds is 2. The van der Waals surface area contributed by atoms with Gasteiger partial charge >= 0.3 is 5.97 Å². The van der Waals surface area contributed by atoms with Crippen LogP contribution in [0.25, 0.3) is 0 Å². The van der Waals surface area contributed by atoms with E-state index in [1.807, 2.05) is 13.0 Å². The second kappa shape index (κ2) is 4.87. The topological polar surface area (TPSA) is 43.4 Å². The van der Waals surface area contributed by atoms with Crippen LogP contribution >= 0.6 is 0 Å². The number of hydrogen-bond acceptors (Lipinski definition) is 3. The summed E-state index contributed by atoms with van der Waals surface area (Å²) in [4.78, 5) is 23.9. The number of carbonyl (C=O) groups excluding carboxylic acids is 2. The summed E-state index contributed by atoms with van der Waals surface area (Å²) >= 11 is 0. The Hall–Kier alpha value is -1.12. The smallest absolute Gasteiger partial charge is 0.309 e. The van der Waals surface area contributed by atoms with Crippen molar-refractivity contribution in [2.75, 3.05) is 6.61 Å². The van der Waals surface area contributed by atoms with E-state index < -0.39 is 0 Å². The maximum atomic E-state index is 12.0. The molecule has 0 radical (unpaired) electrons. The molecule has 0 heterocycles. The van der Waals surface area contributed by atoms with Crippen molar-refractivity contribution in [3.8, 4) is 0 Å². The largest absolute Gasteiger partial charge is 0.466 e. The van der Waals surface area contributed by atoms with E-state index in [0.717, 1.165) is 18.4 Å². The summed E-state index contributed by atoms with van der Waals surface area (Å²) in [5, 5.41) is 0. The summed E-state index contributed by atoms with van der Waals surface area (Å²) in [6.07, 6.45) is 4.99. The highest BCUT2D eigenvalue weighted by Gasteiger charge is 2.46. The Morgan fingerprint density at radius 1 is 1.56 bits per heavy atom. The molecule has 2 rings (SSSR count). The van der Waals surface area contributed by atoms with Gasteiger partial charge in [-0.1, -0.05) is 19.9 Å². The molecule has 0 spiro atoms. The van der Waals surface area contributed by atoms with Gasteiger partial charge in [0.1, 0.15) is 0 Å². The minimum absolute atomic E-state index is 0.0768. The number of ketones is 1. The van der Waals surface area contributed by atoms with E-state index in [-0.39, 0.29) is 23.1 Å². The number of Topliss-reactive ketones (excluding diaryl/α,β-unsaturated/α-hetero) is 1. The Labute approximate surface area is 109 Å². The molecular formula is C15H22O3. The Morgan fingerprint density at radius 2 is 2.28 bits per heavy atom. The Morgan fingerprint density at radius 3 is 2.94 bits per heavy atom. The van der Waals surface area contributed by atoms with Crippen LogP contribution in [0.5, 0.6) is 0 Å². The van der Waals surface area contributed by atoms with Crippen LogP contribution in [-0.4, -0.2) is 18.4 Å². The number of fused-ring (bicyclic) bond motifs is 1. The van der Waals surface area contributed by atoms with Gasteiger partial charge in [-0.25, -0.2) is 0 Å². The molecule has 0 bridgehead atoms. The molecule has 0 amide bonds. The van der Waals surface area contributed by atoms with Gasteiger partial charge in [0.25, 0.3) is 0 Å². The van der Waals surface area contributed by atoms with Gasteiger partial charge in [-0.3, -0.25) is 9.59 Å². The van der Waals surface area contributed by atoms with Crippen LogP contribution in [0, 0.1) is 17.3 Å². The minimum atomic E-state index is -0.134. The van der Waals surface area contributed by atoms with E-state index in [0.29, 0.717) is 25.4 Å². The molecule has 0 N–H and O–H groups in total. The third-order valence-corrected chi connectivity index (χ3v) is 4.70. The second-order valence-corrected chi connectivity index (χ2v) is 5.79. The maximum Gasteiger partial charge on any atom is 0.309 e. The average Bonchev–Trinajstić information content (AvgIpc) is 2.34. The highest BCUT2D eigenvalue weighted by Crippen LogP contribution is 2.50. The first kappa shape index (κ1) is 13.3. The number of esters is 1. The SMILES string of the molecule is CCOC(=O)[C@H]1CC=C2C(=O)CC[C@@H](C)[C@]2(C)C1. The number of ether oxygens (including phenoxy) is 1. The van der Waals surface area contributed by atoms with Gasteiger partial charge < -0.3 is 4.74 Å². The Balaban J connectivity index is 2.23. The monoisotopic (exact) mass is 250 g/mol. The van der Waals surface area contributed by atoms with Gasteiger partial charge in [0.05, 0.1) is 12.5 Å². The van der Waals surface area contributed by atoms with Crippen molar-refractivity contribution >= 4 is 11.8 Å². The average molecular weight is 250 g/mol. The van der Waals surface area contributed by atoms with E-state index >= 15 is 0 Å². The quantitative estimate of drug-likeness (QED) is 0.708. The molecule has 3 atom stereocenters. The molecule has 2 aliphatic rings. The van der Waals surface area contributed by atoms with Crippen LogP contribution in [0.3, 0.4) is 0 Å². The molecule has 18 heavy (non-hydrogen) atoms. The fourth-order valence-corrected chi connectivity index (χ4v) is 3.34. The zero-order valence-electron chi connectivity index (χ0n) is 11.5. The number of allylic oxidation sites excluding steroid dienone is 2. The first-order valence-electron chi connectivity index (χ1n) is 6.89. The van der Waals surface area contributed by atoms with Crippen molar-refractivity contribution in [3.05, 3.63) is 11.6 Å². The third kappa shape index (κ3) is 2.11. The van der Waals surface area contributed by atoms with Gasteiger partial charge in [-0.05, 0) is 43.1 Å². The van der Waals surface area contributed by atoms with Gasteiger partial charge in [0, 0.05) is 6.42 Å². The molecule has 2 aliphatic carbocycles. The van der Waals surface area contributed by atoms with E-state index in [4.69, 9.17) is 4.74 Å². The molecule has 3 nitrogen and oxygen atoms in total. The minimum Gasteiger partial charge on any atom is -0.466 e. The van der Waals surface area contributed by atoms with E-state index in [2.05, 4.69) is 13.8 Å². The highest BCUT2D eigenvalue weighted by molar-refractivity contribution is 5.98. The van der Waals surface area contributed by atoms with Crippen molar-refractivity contribution < 1.29 is 14.3 Å². The van der Waals surface area contributed by atoms with E-state index in [1.165, 1.54) is 0 Å². The molecule has 1 fully saturated rings. The molecule has 0 unspecified atom stereocenters. The first-order chi connectivity index (χ1) is 8.49. The molecule has 1 saturated carbocycles. The summed E-state index contributed by atoms with van der Waals surface area (Å²) in [5.74, 6) is 0.544. The van der Waals surface area contributed by atoms with Crippen LogP contribution in [0.2, 0.25) is 0 Å². The summed E-state index contributed by atoms with van der Waals surface area (Å²) in [6.45, 7) is 6.58. The lowest BCUT2D eigenvalue weighted by Gasteiger charge is -2.45. The fraction of sp³-hybridized carbons (Fsp3) is 0.733. The lowest BCUT2D eigenvalue weighted by molar-refractivity contribution is -0.150. The fourth-order valence-electron chi connectivity index (χ4n) is 3.34. The molecule has 3 heteroatoms. The van der Waals surface area contributed by atoms with Crippen molar-refractivity contribution in [2.45, 2.75) is 46.5 Å². The molecule has 0 aromatic heterocycles. The summed E-state index contributed by atoms with van der Waals surface area (Å²) in [5.41, 5.74) is 0.826. The van der Waals surface area contributed by atoms with Crippen molar-refractivity contribution in [1.29, 1.82) is 0 Å². The Kier molecular flexibility index (Phi) is 3.60. The predicted octanol–water partition coefficient (Wildman–Crippen LogP) is 2.89. The van der Waals surface area contributed by atoms with E-state index in [1.54, 1.807) is 0 Å². The zero-order valence-corrected chi connectivity index (χ0v) is 11.5. The van der Waals surface area contributed by atoms with E-state index in [9.17, 15) is 9.59 Å². The van der Waals surface area contributed by atoms with Crippen LogP contribution in [0.15, 0.2) is 11.6 Å². The maximum absolute atomic E-state index is 12.0. The van der Waals surface area contributed by atoms with Crippen LogP contribution in [-0.2, 0) is 14.3 Å². The van der Waals surface area contributed by atoms with Gasteiger partial charge in [-0.2, -0.15) is 0 Å².